The Bertz CT molecular complexity index is 373. The second-order valence-electron chi connectivity index (χ2n) is 6.02. The highest BCUT2D eigenvalue weighted by Crippen LogP contribution is 2.22. The minimum Gasteiger partial charge on any atom is -0.385 e. The van der Waals surface area contributed by atoms with E-state index in [-0.39, 0.29) is 11.4 Å². The first-order chi connectivity index (χ1) is 8.92. The molecule has 108 valence electrons. The SMILES string of the molecule is COCCCC(CNC(C)(C)C)c1cccc(F)c1. The summed E-state index contributed by atoms with van der Waals surface area (Å²) in [5.41, 5.74) is 1.14. The predicted molar refractivity (Wildman–Crippen MR) is 78.0 cm³/mol. The van der Waals surface area contributed by atoms with E-state index in [9.17, 15) is 4.39 Å². The average Bonchev–Trinajstić information content (AvgIpc) is 2.32. The van der Waals surface area contributed by atoms with E-state index in [1.54, 1.807) is 19.2 Å². The standard InChI is InChI=1S/C16H26FNO/c1-16(2,3)18-12-14(8-6-10-19-4)13-7-5-9-15(17)11-13/h5,7,9,11,14,18H,6,8,10,12H2,1-4H3. The first kappa shape index (κ1) is 16.1. The highest BCUT2D eigenvalue weighted by molar-refractivity contribution is 5.21. The van der Waals surface area contributed by atoms with Gasteiger partial charge in [0.2, 0.25) is 0 Å². The molecular formula is C16H26FNO. The first-order valence-corrected chi connectivity index (χ1v) is 6.92. The van der Waals surface area contributed by atoms with Crippen molar-refractivity contribution < 1.29 is 9.13 Å². The van der Waals surface area contributed by atoms with E-state index in [4.69, 9.17) is 4.74 Å². The lowest BCUT2D eigenvalue weighted by Crippen LogP contribution is -2.38. The summed E-state index contributed by atoms with van der Waals surface area (Å²) in [5, 5.41) is 3.50. The van der Waals surface area contributed by atoms with Gasteiger partial charge in [-0.15, -0.1) is 0 Å². The van der Waals surface area contributed by atoms with Crippen molar-refractivity contribution in [3.8, 4) is 0 Å². The van der Waals surface area contributed by atoms with Crippen LogP contribution in [0.4, 0.5) is 4.39 Å². The summed E-state index contributed by atoms with van der Waals surface area (Å²) in [6.45, 7) is 8.04. The Hall–Kier alpha value is -0.930. The van der Waals surface area contributed by atoms with Gasteiger partial charge in [-0.25, -0.2) is 4.39 Å². The number of nitrogens with one attached hydrogen (secondary N) is 1. The summed E-state index contributed by atoms with van der Waals surface area (Å²) in [7, 11) is 1.71. The molecule has 0 bridgehead atoms. The quantitative estimate of drug-likeness (QED) is 0.760. The number of benzene rings is 1. The molecule has 0 aliphatic rings. The van der Waals surface area contributed by atoms with E-state index in [1.807, 2.05) is 6.07 Å². The van der Waals surface area contributed by atoms with Crippen LogP contribution in [-0.4, -0.2) is 25.8 Å². The lowest BCUT2D eigenvalue weighted by atomic mass is 9.93. The van der Waals surface area contributed by atoms with Crippen LogP contribution in [0.3, 0.4) is 0 Å². The number of halogens is 1. The topological polar surface area (TPSA) is 21.3 Å². The second-order valence-corrected chi connectivity index (χ2v) is 6.02. The Morgan fingerprint density at radius 1 is 1.32 bits per heavy atom. The minimum atomic E-state index is -0.162. The fourth-order valence-electron chi connectivity index (χ4n) is 2.05. The number of methoxy groups -OCH3 is 1. The minimum absolute atomic E-state index is 0.0762. The van der Waals surface area contributed by atoms with Crippen LogP contribution in [0, 0.1) is 5.82 Å². The molecular weight excluding hydrogens is 241 g/mol. The maximum atomic E-state index is 13.3. The average molecular weight is 267 g/mol. The van der Waals surface area contributed by atoms with E-state index >= 15 is 0 Å². The van der Waals surface area contributed by atoms with Gasteiger partial charge in [0, 0.05) is 25.8 Å². The highest BCUT2D eigenvalue weighted by Gasteiger charge is 2.16. The van der Waals surface area contributed by atoms with Crippen LogP contribution in [0.2, 0.25) is 0 Å². The zero-order valence-electron chi connectivity index (χ0n) is 12.5. The predicted octanol–water partition coefficient (Wildman–Crippen LogP) is 3.72. The van der Waals surface area contributed by atoms with Crippen LogP contribution >= 0.6 is 0 Å². The molecule has 1 N–H and O–H groups in total. The van der Waals surface area contributed by atoms with Gasteiger partial charge < -0.3 is 10.1 Å². The van der Waals surface area contributed by atoms with Gasteiger partial charge in [0.25, 0.3) is 0 Å². The Morgan fingerprint density at radius 3 is 2.63 bits per heavy atom. The van der Waals surface area contributed by atoms with Crippen LogP contribution < -0.4 is 5.32 Å². The lowest BCUT2D eigenvalue weighted by Gasteiger charge is -2.25. The summed E-state index contributed by atoms with van der Waals surface area (Å²) < 4.78 is 18.4. The number of hydrogen-bond donors (Lipinski definition) is 1. The number of rotatable bonds is 7. The van der Waals surface area contributed by atoms with Crippen molar-refractivity contribution in [2.75, 3.05) is 20.3 Å². The molecule has 3 heteroatoms. The van der Waals surface area contributed by atoms with Gasteiger partial charge in [-0.05, 0) is 57.2 Å². The van der Waals surface area contributed by atoms with Crippen molar-refractivity contribution in [3.05, 3.63) is 35.6 Å². The summed E-state index contributed by atoms with van der Waals surface area (Å²) in [4.78, 5) is 0. The summed E-state index contributed by atoms with van der Waals surface area (Å²) in [6, 6.07) is 6.92. The van der Waals surface area contributed by atoms with Crippen LogP contribution in [-0.2, 0) is 4.74 Å². The van der Waals surface area contributed by atoms with E-state index in [1.165, 1.54) is 6.07 Å². The third kappa shape index (κ3) is 6.69. The molecule has 1 rings (SSSR count). The molecule has 1 aromatic carbocycles. The van der Waals surface area contributed by atoms with Gasteiger partial charge in [-0.2, -0.15) is 0 Å². The molecule has 0 saturated carbocycles. The van der Waals surface area contributed by atoms with Gasteiger partial charge in [0.05, 0.1) is 0 Å². The lowest BCUT2D eigenvalue weighted by molar-refractivity contribution is 0.189. The van der Waals surface area contributed by atoms with E-state index < -0.39 is 0 Å². The summed E-state index contributed by atoms with van der Waals surface area (Å²) in [5.74, 6) is 0.162. The van der Waals surface area contributed by atoms with Crippen LogP contribution in [0.1, 0.15) is 45.1 Å². The molecule has 1 unspecified atom stereocenters. The van der Waals surface area contributed by atoms with Crippen molar-refractivity contribution in [2.24, 2.45) is 0 Å². The third-order valence-electron chi connectivity index (χ3n) is 3.10. The molecule has 0 saturated heterocycles. The molecule has 0 aliphatic heterocycles. The molecule has 0 radical (unpaired) electrons. The van der Waals surface area contributed by atoms with Crippen molar-refractivity contribution in [2.45, 2.75) is 45.1 Å². The molecule has 1 aromatic rings. The third-order valence-corrected chi connectivity index (χ3v) is 3.10. The molecule has 0 spiro atoms. The Morgan fingerprint density at radius 2 is 2.05 bits per heavy atom. The van der Waals surface area contributed by atoms with Crippen LogP contribution in [0.15, 0.2) is 24.3 Å². The van der Waals surface area contributed by atoms with Gasteiger partial charge >= 0.3 is 0 Å². The first-order valence-electron chi connectivity index (χ1n) is 6.92. The highest BCUT2D eigenvalue weighted by atomic mass is 19.1. The molecule has 1 atom stereocenters. The number of hydrogen-bond acceptors (Lipinski definition) is 2. The molecule has 0 heterocycles. The second kappa shape index (κ2) is 7.61. The van der Waals surface area contributed by atoms with Crippen molar-refractivity contribution in [1.29, 1.82) is 0 Å². The fourth-order valence-corrected chi connectivity index (χ4v) is 2.05. The van der Waals surface area contributed by atoms with Gasteiger partial charge in [-0.1, -0.05) is 12.1 Å². The number of ether oxygens (including phenoxy) is 1. The van der Waals surface area contributed by atoms with Crippen molar-refractivity contribution in [3.63, 3.8) is 0 Å². The zero-order valence-corrected chi connectivity index (χ0v) is 12.5. The van der Waals surface area contributed by atoms with Crippen molar-refractivity contribution >= 4 is 0 Å². The molecule has 19 heavy (non-hydrogen) atoms. The van der Waals surface area contributed by atoms with Crippen LogP contribution in [0.5, 0.6) is 0 Å². The smallest absolute Gasteiger partial charge is 0.123 e. The molecule has 0 fully saturated rings. The van der Waals surface area contributed by atoms with Crippen molar-refractivity contribution in [1.82, 2.24) is 5.32 Å². The van der Waals surface area contributed by atoms with E-state index in [0.717, 1.165) is 31.6 Å². The maximum absolute atomic E-state index is 13.3. The summed E-state index contributed by atoms with van der Waals surface area (Å²) in [6.07, 6.45) is 1.99. The molecule has 2 nitrogen and oxygen atoms in total. The van der Waals surface area contributed by atoms with Gasteiger partial charge in [-0.3, -0.25) is 0 Å². The zero-order chi connectivity index (χ0) is 14.3. The van der Waals surface area contributed by atoms with Gasteiger partial charge in [0.15, 0.2) is 0 Å². The van der Waals surface area contributed by atoms with Crippen LogP contribution in [0.25, 0.3) is 0 Å². The molecule has 0 aliphatic carbocycles. The Balaban J connectivity index is 2.68. The maximum Gasteiger partial charge on any atom is 0.123 e. The van der Waals surface area contributed by atoms with E-state index in [2.05, 4.69) is 26.1 Å². The monoisotopic (exact) mass is 267 g/mol. The van der Waals surface area contributed by atoms with E-state index in [0.29, 0.717) is 5.92 Å². The Labute approximate surface area is 116 Å². The fraction of sp³-hybridized carbons (Fsp3) is 0.625. The largest absolute Gasteiger partial charge is 0.385 e. The summed E-state index contributed by atoms with van der Waals surface area (Å²) >= 11 is 0. The molecule has 0 aromatic heterocycles. The van der Waals surface area contributed by atoms with Gasteiger partial charge in [0.1, 0.15) is 5.82 Å². The Kier molecular flexibility index (Phi) is 6.46. The normalized spacial score (nSPS) is 13.5. The molecule has 0 amide bonds.